The van der Waals surface area contributed by atoms with Gasteiger partial charge in [-0.3, -0.25) is 10.1 Å². The Morgan fingerprint density at radius 2 is 1.85 bits per heavy atom. The van der Waals surface area contributed by atoms with Gasteiger partial charge in [-0.2, -0.15) is 5.10 Å². The van der Waals surface area contributed by atoms with Crippen molar-refractivity contribution in [1.29, 1.82) is 0 Å². The van der Waals surface area contributed by atoms with Gasteiger partial charge in [0.1, 0.15) is 34.6 Å². The monoisotopic (exact) mass is 521 g/mol. The number of aromatic nitrogens is 6. The summed E-state index contributed by atoms with van der Waals surface area (Å²) in [5.74, 6) is 0.591. The number of phenolic OH excluding ortho intramolecular Hbond substituents is 1. The SMILES string of the molecule is Oc1cc(F)cc(-c2ccnc3[nH]c(-c4n[nH]c5ccc(-c6cncc(OC7CCNCC7)c6)cc45)nc23)c1. The van der Waals surface area contributed by atoms with Crippen molar-refractivity contribution in [2.45, 2.75) is 18.9 Å². The van der Waals surface area contributed by atoms with Crippen LogP contribution in [0.1, 0.15) is 12.8 Å². The number of benzene rings is 2. The van der Waals surface area contributed by atoms with E-state index >= 15 is 0 Å². The van der Waals surface area contributed by atoms with Gasteiger partial charge >= 0.3 is 0 Å². The fourth-order valence-corrected chi connectivity index (χ4v) is 5.11. The standard InChI is InChI=1S/C29H24FN7O2/c30-19-9-17(10-20(38)13-19)23-5-8-33-28-26(23)34-29(35-28)27-24-12-16(1-2-25(24)36-37-27)18-11-22(15-32-14-18)39-21-3-6-31-7-4-21/h1-2,5,8-15,21,31,38H,3-4,6-7H2,(H,36,37)(H,33,34,35). The topological polar surface area (TPSA) is 125 Å². The molecule has 9 nitrogen and oxygen atoms in total. The van der Waals surface area contributed by atoms with E-state index in [1.54, 1.807) is 18.5 Å². The van der Waals surface area contributed by atoms with Crippen LogP contribution in [-0.2, 0) is 0 Å². The van der Waals surface area contributed by atoms with E-state index in [4.69, 9.17) is 9.72 Å². The van der Waals surface area contributed by atoms with E-state index in [-0.39, 0.29) is 11.9 Å². The summed E-state index contributed by atoms with van der Waals surface area (Å²) < 4.78 is 20.2. The van der Waals surface area contributed by atoms with Gasteiger partial charge in [-0.25, -0.2) is 14.4 Å². The van der Waals surface area contributed by atoms with Crippen molar-refractivity contribution in [1.82, 2.24) is 35.5 Å². The van der Waals surface area contributed by atoms with Crippen molar-refractivity contribution < 1.29 is 14.2 Å². The molecule has 0 saturated carbocycles. The molecule has 6 aromatic rings. The molecular formula is C29H24FN7O2. The lowest BCUT2D eigenvalue weighted by Gasteiger charge is -2.23. The van der Waals surface area contributed by atoms with Crippen molar-refractivity contribution >= 4 is 22.1 Å². The molecule has 1 aliphatic heterocycles. The zero-order valence-corrected chi connectivity index (χ0v) is 20.8. The highest BCUT2D eigenvalue weighted by molar-refractivity contribution is 5.97. The molecule has 1 saturated heterocycles. The van der Waals surface area contributed by atoms with Crippen LogP contribution in [0.5, 0.6) is 11.5 Å². The van der Waals surface area contributed by atoms with Gasteiger partial charge in [0, 0.05) is 35.0 Å². The van der Waals surface area contributed by atoms with Crippen LogP contribution >= 0.6 is 0 Å². The Kier molecular flexibility index (Phi) is 5.66. The molecule has 4 aromatic heterocycles. The molecule has 0 amide bonds. The minimum Gasteiger partial charge on any atom is -0.508 e. The first kappa shape index (κ1) is 23.3. The molecule has 7 rings (SSSR count). The second-order valence-electron chi connectivity index (χ2n) is 9.65. The number of ether oxygens (including phenoxy) is 1. The van der Waals surface area contributed by atoms with Gasteiger partial charge in [-0.15, -0.1) is 0 Å². The molecule has 0 atom stereocenters. The van der Waals surface area contributed by atoms with E-state index in [2.05, 4.69) is 30.5 Å². The minimum absolute atomic E-state index is 0.156. The zero-order valence-electron chi connectivity index (χ0n) is 20.8. The summed E-state index contributed by atoms with van der Waals surface area (Å²) in [6.45, 7) is 1.92. The van der Waals surface area contributed by atoms with Gasteiger partial charge in [0.05, 0.1) is 11.7 Å². The molecule has 0 unspecified atom stereocenters. The fraction of sp³-hybridized carbons (Fsp3) is 0.172. The number of imidazole rings is 1. The van der Waals surface area contributed by atoms with Crippen LogP contribution in [0.4, 0.5) is 4.39 Å². The van der Waals surface area contributed by atoms with E-state index in [0.29, 0.717) is 33.8 Å². The van der Waals surface area contributed by atoms with E-state index in [0.717, 1.165) is 59.8 Å². The van der Waals surface area contributed by atoms with Crippen LogP contribution in [-0.4, -0.2) is 54.4 Å². The summed E-state index contributed by atoms with van der Waals surface area (Å²) in [6.07, 6.45) is 7.33. The number of nitrogens with one attached hydrogen (secondary N) is 3. The van der Waals surface area contributed by atoms with E-state index in [9.17, 15) is 9.50 Å². The second-order valence-corrected chi connectivity index (χ2v) is 9.65. The summed E-state index contributed by atoms with van der Waals surface area (Å²) >= 11 is 0. The minimum atomic E-state index is -0.531. The first-order valence-electron chi connectivity index (χ1n) is 12.8. The normalized spacial score (nSPS) is 14.3. The fourth-order valence-electron chi connectivity index (χ4n) is 5.11. The molecule has 0 spiro atoms. The molecule has 5 heterocycles. The number of halogens is 1. The van der Waals surface area contributed by atoms with Gasteiger partial charge < -0.3 is 20.1 Å². The number of hydrogen-bond acceptors (Lipinski definition) is 7. The van der Waals surface area contributed by atoms with E-state index < -0.39 is 5.82 Å². The van der Waals surface area contributed by atoms with Crippen LogP contribution < -0.4 is 10.1 Å². The third kappa shape index (κ3) is 4.44. The van der Waals surface area contributed by atoms with Crippen LogP contribution in [0.2, 0.25) is 0 Å². The van der Waals surface area contributed by atoms with Gasteiger partial charge in [-0.05, 0) is 73.5 Å². The van der Waals surface area contributed by atoms with Gasteiger partial charge in [0.15, 0.2) is 11.5 Å². The number of aromatic amines is 2. The van der Waals surface area contributed by atoms with Crippen LogP contribution in [0.15, 0.2) is 67.1 Å². The Labute approximate surface area is 222 Å². The summed E-state index contributed by atoms with van der Waals surface area (Å²) in [5.41, 5.74) is 5.64. The summed E-state index contributed by atoms with van der Waals surface area (Å²) in [4.78, 5) is 16.9. The van der Waals surface area contributed by atoms with Gasteiger partial charge in [0.2, 0.25) is 0 Å². The number of aromatic hydroxyl groups is 1. The Morgan fingerprint density at radius 3 is 2.72 bits per heavy atom. The predicted octanol–water partition coefficient (Wildman–Crippen LogP) is 5.21. The van der Waals surface area contributed by atoms with Crippen LogP contribution in [0.25, 0.3) is 55.8 Å². The number of rotatable bonds is 5. The Bertz CT molecular complexity index is 1800. The van der Waals surface area contributed by atoms with E-state index in [1.165, 1.54) is 12.1 Å². The maximum absolute atomic E-state index is 14.0. The third-order valence-electron chi connectivity index (χ3n) is 7.00. The smallest absolute Gasteiger partial charge is 0.160 e. The highest BCUT2D eigenvalue weighted by Gasteiger charge is 2.18. The molecule has 2 aromatic carbocycles. The molecule has 4 N–H and O–H groups in total. The number of hydrogen-bond donors (Lipinski definition) is 4. The summed E-state index contributed by atoms with van der Waals surface area (Å²) in [7, 11) is 0. The lowest BCUT2D eigenvalue weighted by atomic mass is 10.0. The number of H-pyrrole nitrogens is 2. The number of phenols is 1. The molecule has 1 fully saturated rings. The lowest BCUT2D eigenvalue weighted by molar-refractivity contribution is 0.162. The zero-order chi connectivity index (χ0) is 26.3. The van der Waals surface area contributed by atoms with Crippen molar-refractivity contribution in [2.24, 2.45) is 0 Å². The quantitative estimate of drug-likeness (QED) is 0.246. The average Bonchev–Trinajstić information content (AvgIpc) is 3.57. The van der Waals surface area contributed by atoms with Crippen molar-refractivity contribution in [3.63, 3.8) is 0 Å². The lowest BCUT2D eigenvalue weighted by Crippen LogP contribution is -2.34. The Balaban J connectivity index is 1.26. The van der Waals surface area contributed by atoms with Crippen LogP contribution in [0.3, 0.4) is 0 Å². The molecule has 39 heavy (non-hydrogen) atoms. The van der Waals surface area contributed by atoms with Crippen molar-refractivity contribution in [2.75, 3.05) is 13.1 Å². The Morgan fingerprint density at radius 1 is 0.949 bits per heavy atom. The summed E-state index contributed by atoms with van der Waals surface area (Å²) in [5, 5.41) is 21.7. The summed E-state index contributed by atoms with van der Waals surface area (Å²) in [6, 6.07) is 13.7. The molecule has 0 radical (unpaired) electrons. The molecule has 10 heteroatoms. The van der Waals surface area contributed by atoms with Crippen molar-refractivity contribution in [3.05, 3.63) is 72.9 Å². The molecule has 194 valence electrons. The number of pyridine rings is 2. The number of fused-ring (bicyclic) bond motifs is 2. The second kappa shape index (κ2) is 9.48. The maximum Gasteiger partial charge on any atom is 0.160 e. The Hall–Kier alpha value is -4.83. The van der Waals surface area contributed by atoms with Gasteiger partial charge in [-0.1, -0.05) is 6.07 Å². The first-order valence-corrected chi connectivity index (χ1v) is 12.8. The number of piperidine rings is 1. The molecule has 0 bridgehead atoms. The first-order chi connectivity index (χ1) is 19.1. The maximum atomic E-state index is 14.0. The largest absolute Gasteiger partial charge is 0.508 e. The molecular weight excluding hydrogens is 497 g/mol. The highest BCUT2D eigenvalue weighted by Crippen LogP contribution is 2.34. The molecule has 0 aliphatic carbocycles. The van der Waals surface area contributed by atoms with Crippen LogP contribution in [0, 0.1) is 5.82 Å². The third-order valence-corrected chi connectivity index (χ3v) is 7.00. The molecule has 1 aliphatic rings. The van der Waals surface area contributed by atoms with E-state index in [1.807, 2.05) is 30.5 Å². The highest BCUT2D eigenvalue weighted by atomic mass is 19.1. The average molecular weight is 522 g/mol. The van der Waals surface area contributed by atoms with Crippen molar-refractivity contribution in [3.8, 4) is 45.3 Å². The predicted molar refractivity (Wildman–Crippen MR) is 146 cm³/mol. The number of nitrogens with zero attached hydrogens (tertiary/aromatic N) is 4. The van der Waals surface area contributed by atoms with Gasteiger partial charge in [0.25, 0.3) is 0 Å².